The van der Waals surface area contributed by atoms with Gasteiger partial charge in [0.2, 0.25) is 0 Å². The first-order chi connectivity index (χ1) is 9.15. The Labute approximate surface area is 127 Å². The molecule has 0 amide bonds. The molecule has 1 heterocycles. The number of nitriles is 1. The number of anilines is 2. The maximum atomic E-state index is 9.14. The second kappa shape index (κ2) is 6.04. The molecule has 96 valence electrons. The van der Waals surface area contributed by atoms with Gasteiger partial charge < -0.3 is 10.1 Å². The largest absolute Gasteiger partial charge is 0.495 e. The van der Waals surface area contributed by atoms with Crippen LogP contribution in [0, 0.1) is 11.3 Å². The van der Waals surface area contributed by atoms with E-state index in [9.17, 15) is 0 Å². The van der Waals surface area contributed by atoms with Crippen molar-refractivity contribution >= 4 is 43.4 Å². The highest BCUT2D eigenvalue weighted by atomic mass is 79.9. The zero-order chi connectivity index (χ0) is 13.8. The highest BCUT2D eigenvalue weighted by Gasteiger charge is 2.11. The summed E-state index contributed by atoms with van der Waals surface area (Å²) in [5, 5.41) is 12.3. The van der Waals surface area contributed by atoms with Crippen molar-refractivity contribution in [3.05, 3.63) is 45.0 Å². The number of pyridine rings is 1. The van der Waals surface area contributed by atoms with E-state index >= 15 is 0 Å². The first-order valence-corrected chi connectivity index (χ1v) is 6.89. The number of hydrogen-bond acceptors (Lipinski definition) is 4. The summed E-state index contributed by atoms with van der Waals surface area (Å²) < 4.78 is 6.91. The minimum atomic E-state index is 0.496. The number of halogens is 2. The van der Waals surface area contributed by atoms with Crippen molar-refractivity contribution in [3.8, 4) is 11.8 Å². The molecular weight excluding hydrogens is 374 g/mol. The maximum Gasteiger partial charge on any atom is 0.144 e. The molecule has 0 bridgehead atoms. The summed E-state index contributed by atoms with van der Waals surface area (Å²) in [5.74, 6) is 1.21. The Morgan fingerprint density at radius 3 is 2.79 bits per heavy atom. The molecule has 19 heavy (non-hydrogen) atoms. The van der Waals surface area contributed by atoms with E-state index in [-0.39, 0.29) is 0 Å². The van der Waals surface area contributed by atoms with Gasteiger partial charge in [0.25, 0.3) is 0 Å². The number of para-hydroxylation sites is 1. The molecule has 0 aliphatic rings. The van der Waals surface area contributed by atoms with Gasteiger partial charge in [-0.15, -0.1) is 0 Å². The van der Waals surface area contributed by atoms with Gasteiger partial charge in [-0.2, -0.15) is 5.26 Å². The normalized spacial score (nSPS) is 9.79. The maximum absolute atomic E-state index is 9.14. The molecular formula is C13H9Br2N3O. The lowest BCUT2D eigenvalue weighted by Gasteiger charge is -2.13. The van der Waals surface area contributed by atoms with Gasteiger partial charge >= 0.3 is 0 Å². The van der Waals surface area contributed by atoms with Gasteiger partial charge in [-0.3, -0.25) is 0 Å². The van der Waals surface area contributed by atoms with E-state index in [1.165, 1.54) is 0 Å². The topological polar surface area (TPSA) is 57.9 Å². The fourth-order valence-electron chi connectivity index (χ4n) is 1.55. The van der Waals surface area contributed by atoms with E-state index in [1.54, 1.807) is 31.5 Å². The number of hydrogen-bond donors (Lipinski definition) is 1. The molecule has 1 aromatic heterocycles. The third-order valence-electron chi connectivity index (χ3n) is 2.42. The van der Waals surface area contributed by atoms with E-state index in [2.05, 4.69) is 48.2 Å². The van der Waals surface area contributed by atoms with E-state index in [0.717, 1.165) is 8.95 Å². The third-order valence-corrected chi connectivity index (χ3v) is 3.46. The summed E-state index contributed by atoms with van der Waals surface area (Å²) in [7, 11) is 1.56. The monoisotopic (exact) mass is 381 g/mol. The van der Waals surface area contributed by atoms with Crippen molar-refractivity contribution in [3.63, 3.8) is 0 Å². The molecule has 2 rings (SSSR count). The lowest BCUT2D eigenvalue weighted by atomic mass is 10.2. The van der Waals surface area contributed by atoms with Crippen LogP contribution < -0.4 is 10.1 Å². The molecule has 2 aromatic rings. The van der Waals surface area contributed by atoms with Gasteiger partial charge in [0.1, 0.15) is 23.3 Å². The van der Waals surface area contributed by atoms with Gasteiger partial charge in [-0.25, -0.2) is 4.98 Å². The molecule has 1 aromatic carbocycles. The fourth-order valence-corrected chi connectivity index (χ4v) is 2.63. The van der Waals surface area contributed by atoms with E-state index in [4.69, 9.17) is 10.00 Å². The van der Waals surface area contributed by atoms with E-state index in [0.29, 0.717) is 22.8 Å². The van der Waals surface area contributed by atoms with Crippen molar-refractivity contribution in [2.45, 2.75) is 0 Å². The SMILES string of the molecule is COc1cccc(C#N)c1Nc1ncc(Br)cc1Br. The lowest BCUT2D eigenvalue weighted by Crippen LogP contribution is -2.00. The minimum Gasteiger partial charge on any atom is -0.495 e. The second-order valence-electron chi connectivity index (χ2n) is 3.60. The zero-order valence-electron chi connectivity index (χ0n) is 9.95. The summed E-state index contributed by atoms with van der Waals surface area (Å²) in [6, 6.07) is 9.28. The molecule has 0 radical (unpaired) electrons. The Morgan fingerprint density at radius 1 is 1.37 bits per heavy atom. The van der Waals surface area contributed by atoms with Crippen LogP contribution in [0.25, 0.3) is 0 Å². The van der Waals surface area contributed by atoms with Crippen LogP contribution in [-0.2, 0) is 0 Å². The predicted octanol–water partition coefficient (Wildman–Crippen LogP) is 4.23. The van der Waals surface area contributed by atoms with Gasteiger partial charge in [0, 0.05) is 10.7 Å². The van der Waals surface area contributed by atoms with Crippen molar-refractivity contribution in [2.24, 2.45) is 0 Å². The van der Waals surface area contributed by atoms with Gasteiger partial charge in [-0.1, -0.05) is 6.07 Å². The molecule has 0 aliphatic carbocycles. The van der Waals surface area contributed by atoms with Crippen molar-refractivity contribution in [1.29, 1.82) is 5.26 Å². The van der Waals surface area contributed by atoms with Crippen molar-refractivity contribution in [2.75, 3.05) is 12.4 Å². The highest BCUT2D eigenvalue weighted by molar-refractivity contribution is 9.11. The standard InChI is InChI=1S/C13H9Br2N3O/c1-19-11-4-2-3-8(6-16)12(11)18-13-10(15)5-9(14)7-17-13/h2-5,7H,1H3,(H,17,18). The average Bonchev–Trinajstić information content (AvgIpc) is 2.42. The van der Waals surface area contributed by atoms with Crippen LogP contribution in [0.1, 0.15) is 5.56 Å². The van der Waals surface area contributed by atoms with Crippen LogP contribution in [0.5, 0.6) is 5.75 Å². The summed E-state index contributed by atoms with van der Waals surface area (Å²) >= 11 is 6.76. The molecule has 1 N–H and O–H groups in total. The van der Waals surface area contributed by atoms with Crippen LogP contribution in [0.2, 0.25) is 0 Å². The molecule has 4 nitrogen and oxygen atoms in total. The summed E-state index contributed by atoms with van der Waals surface area (Å²) in [5.41, 5.74) is 1.10. The second-order valence-corrected chi connectivity index (χ2v) is 5.37. The molecule has 0 spiro atoms. The number of nitrogens with one attached hydrogen (secondary N) is 1. The number of aromatic nitrogens is 1. The quantitative estimate of drug-likeness (QED) is 0.862. The Morgan fingerprint density at radius 2 is 2.16 bits per heavy atom. The zero-order valence-corrected chi connectivity index (χ0v) is 13.1. The number of benzene rings is 1. The summed E-state index contributed by atoms with van der Waals surface area (Å²) in [6.07, 6.45) is 1.68. The lowest BCUT2D eigenvalue weighted by molar-refractivity contribution is 0.416. The van der Waals surface area contributed by atoms with Crippen LogP contribution in [0.15, 0.2) is 39.4 Å². The Kier molecular flexibility index (Phi) is 4.40. The van der Waals surface area contributed by atoms with E-state index in [1.807, 2.05) is 6.07 Å². The summed E-state index contributed by atoms with van der Waals surface area (Å²) in [6.45, 7) is 0. The van der Waals surface area contributed by atoms with Crippen LogP contribution in [0.4, 0.5) is 11.5 Å². The van der Waals surface area contributed by atoms with Crippen LogP contribution in [-0.4, -0.2) is 12.1 Å². The molecule has 6 heteroatoms. The van der Waals surface area contributed by atoms with Gasteiger partial charge in [-0.05, 0) is 50.1 Å². The Hall–Kier alpha value is -1.58. The van der Waals surface area contributed by atoms with Crippen molar-refractivity contribution in [1.82, 2.24) is 4.98 Å². The minimum absolute atomic E-state index is 0.496. The van der Waals surface area contributed by atoms with E-state index < -0.39 is 0 Å². The number of nitrogens with zero attached hydrogens (tertiary/aromatic N) is 2. The first kappa shape index (κ1) is 13.8. The Balaban J connectivity index is 2.46. The average molecular weight is 383 g/mol. The smallest absolute Gasteiger partial charge is 0.144 e. The molecule has 0 saturated carbocycles. The molecule has 0 unspecified atom stereocenters. The highest BCUT2D eigenvalue weighted by Crippen LogP contribution is 2.33. The third kappa shape index (κ3) is 3.06. The van der Waals surface area contributed by atoms with Crippen LogP contribution in [0.3, 0.4) is 0 Å². The summed E-state index contributed by atoms with van der Waals surface area (Å²) in [4.78, 5) is 4.25. The van der Waals surface area contributed by atoms with Crippen LogP contribution >= 0.6 is 31.9 Å². The predicted molar refractivity (Wildman–Crippen MR) is 80.6 cm³/mol. The van der Waals surface area contributed by atoms with Crippen molar-refractivity contribution < 1.29 is 4.74 Å². The molecule has 0 atom stereocenters. The molecule has 0 fully saturated rings. The Bertz CT molecular complexity index is 653. The molecule has 0 saturated heterocycles. The number of methoxy groups -OCH3 is 1. The fraction of sp³-hybridized carbons (Fsp3) is 0.0769. The van der Waals surface area contributed by atoms with Gasteiger partial charge in [0.15, 0.2) is 0 Å². The number of rotatable bonds is 3. The first-order valence-electron chi connectivity index (χ1n) is 5.31. The van der Waals surface area contributed by atoms with Gasteiger partial charge in [0.05, 0.1) is 17.1 Å². The molecule has 0 aliphatic heterocycles. The number of ether oxygens (including phenoxy) is 1.